The Kier molecular flexibility index (Phi) is 7.39. The standard InChI is InChI=1S/C13H29N3O/c1-5-9-16(11(2)3)10-7-6-8-13(4,15)12(14)17/h11H,5-10,15H2,1-4H3,(H2,14,17). The molecule has 4 nitrogen and oxygen atoms in total. The van der Waals surface area contributed by atoms with E-state index >= 15 is 0 Å². The maximum atomic E-state index is 11.0. The number of carbonyl (C=O) groups excluding carboxylic acids is 1. The Morgan fingerprint density at radius 1 is 1.29 bits per heavy atom. The summed E-state index contributed by atoms with van der Waals surface area (Å²) in [5.41, 5.74) is 10.2. The SMILES string of the molecule is CCCN(CCCCC(C)(N)C(N)=O)C(C)C. The maximum Gasteiger partial charge on any atom is 0.237 e. The van der Waals surface area contributed by atoms with Crippen molar-refractivity contribution in [2.45, 2.75) is 65.0 Å². The van der Waals surface area contributed by atoms with Gasteiger partial charge in [-0.3, -0.25) is 4.79 Å². The number of rotatable bonds is 9. The molecule has 0 fully saturated rings. The van der Waals surface area contributed by atoms with Crippen molar-refractivity contribution in [3.63, 3.8) is 0 Å². The van der Waals surface area contributed by atoms with E-state index < -0.39 is 11.4 Å². The van der Waals surface area contributed by atoms with E-state index in [0.29, 0.717) is 12.5 Å². The van der Waals surface area contributed by atoms with Gasteiger partial charge in [0.05, 0.1) is 5.54 Å². The fourth-order valence-corrected chi connectivity index (χ4v) is 1.85. The van der Waals surface area contributed by atoms with Crippen LogP contribution in [0.25, 0.3) is 0 Å². The molecule has 0 saturated heterocycles. The van der Waals surface area contributed by atoms with Crippen LogP contribution in [0.15, 0.2) is 0 Å². The Labute approximate surface area is 106 Å². The van der Waals surface area contributed by atoms with Gasteiger partial charge in [-0.2, -0.15) is 0 Å². The van der Waals surface area contributed by atoms with Crippen LogP contribution >= 0.6 is 0 Å². The Balaban J connectivity index is 3.86. The lowest BCUT2D eigenvalue weighted by Gasteiger charge is -2.26. The summed E-state index contributed by atoms with van der Waals surface area (Å²) in [6.45, 7) is 10.5. The highest BCUT2D eigenvalue weighted by molar-refractivity contribution is 5.83. The van der Waals surface area contributed by atoms with Crippen molar-refractivity contribution in [3.8, 4) is 0 Å². The molecule has 0 aliphatic carbocycles. The number of nitrogens with zero attached hydrogens (tertiary/aromatic N) is 1. The van der Waals surface area contributed by atoms with Crippen LogP contribution in [-0.2, 0) is 4.79 Å². The molecule has 0 aliphatic heterocycles. The highest BCUT2D eigenvalue weighted by Gasteiger charge is 2.24. The molecule has 0 heterocycles. The second kappa shape index (κ2) is 7.67. The molecule has 17 heavy (non-hydrogen) atoms. The van der Waals surface area contributed by atoms with Crippen molar-refractivity contribution in [2.75, 3.05) is 13.1 Å². The topological polar surface area (TPSA) is 72.3 Å². The van der Waals surface area contributed by atoms with Gasteiger partial charge in [0.2, 0.25) is 5.91 Å². The van der Waals surface area contributed by atoms with Gasteiger partial charge in [-0.15, -0.1) is 0 Å². The quantitative estimate of drug-likeness (QED) is 0.602. The van der Waals surface area contributed by atoms with E-state index in [2.05, 4.69) is 25.7 Å². The Hall–Kier alpha value is -0.610. The predicted molar refractivity (Wildman–Crippen MR) is 72.6 cm³/mol. The zero-order valence-corrected chi connectivity index (χ0v) is 11.8. The number of hydrogen-bond acceptors (Lipinski definition) is 3. The van der Waals surface area contributed by atoms with E-state index in [1.807, 2.05) is 0 Å². The van der Waals surface area contributed by atoms with Crippen LogP contribution in [0.5, 0.6) is 0 Å². The van der Waals surface area contributed by atoms with Crippen LogP contribution in [0.2, 0.25) is 0 Å². The number of unbranched alkanes of at least 4 members (excludes halogenated alkanes) is 1. The lowest BCUT2D eigenvalue weighted by Crippen LogP contribution is -2.49. The predicted octanol–water partition coefficient (Wildman–Crippen LogP) is 1.48. The van der Waals surface area contributed by atoms with Gasteiger partial charge in [0.15, 0.2) is 0 Å². The molecule has 0 aromatic heterocycles. The van der Waals surface area contributed by atoms with E-state index in [-0.39, 0.29) is 0 Å². The van der Waals surface area contributed by atoms with Crippen LogP contribution in [-0.4, -0.2) is 35.5 Å². The number of hydrogen-bond donors (Lipinski definition) is 2. The molecule has 0 saturated carbocycles. The molecule has 1 amide bonds. The molecular weight excluding hydrogens is 214 g/mol. The summed E-state index contributed by atoms with van der Waals surface area (Å²) in [5, 5.41) is 0. The molecule has 0 aromatic carbocycles. The maximum absolute atomic E-state index is 11.0. The number of carbonyl (C=O) groups is 1. The summed E-state index contributed by atoms with van der Waals surface area (Å²) in [6.07, 6.45) is 3.86. The van der Waals surface area contributed by atoms with Crippen LogP contribution in [0.3, 0.4) is 0 Å². The van der Waals surface area contributed by atoms with Gasteiger partial charge in [-0.25, -0.2) is 0 Å². The fraction of sp³-hybridized carbons (Fsp3) is 0.923. The van der Waals surface area contributed by atoms with Gasteiger partial charge >= 0.3 is 0 Å². The highest BCUT2D eigenvalue weighted by atomic mass is 16.1. The molecule has 102 valence electrons. The average Bonchev–Trinajstić information content (AvgIpc) is 2.22. The molecule has 0 rings (SSSR count). The molecule has 0 spiro atoms. The van der Waals surface area contributed by atoms with Gasteiger partial charge in [-0.05, 0) is 59.5 Å². The zero-order valence-electron chi connectivity index (χ0n) is 11.8. The summed E-state index contributed by atoms with van der Waals surface area (Å²) in [7, 11) is 0. The minimum Gasteiger partial charge on any atom is -0.368 e. The van der Waals surface area contributed by atoms with Crippen LogP contribution < -0.4 is 11.5 Å². The van der Waals surface area contributed by atoms with Gasteiger partial charge in [0, 0.05) is 6.04 Å². The highest BCUT2D eigenvalue weighted by Crippen LogP contribution is 2.11. The monoisotopic (exact) mass is 243 g/mol. The van der Waals surface area contributed by atoms with Crippen molar-refractivity contribution in [3.05, 3.63) is 0 Å². The molecular formula is C13H29N3O. The van der Waals surface area contributed by atoms with Crippen LogP contribution in [0.1, 0.15) is 53.4 Å². The van der Waals surface area contributed by atoms with Crippen molar-refractivity contribution < 1.29 is 4.79 Å². The molecule has 1 atom stereocenters. The van der Waals surface area contributed by atoms with Crippen molar-refractivity contribution >= 4 is 5.91 Å². The second-order valence-electron chi connectivity index (χ2n) is 5.37. The Morgan fingerprint density at radius 2 is 1.88 bits per heavy atom. The number of primary amides is 1. The summed E-state index contributed by atoms with van der Waals surface area (Å²) in [5.74, 6) is -0.410. The molecule has 0 aromatic rings. The lowest BCUT2D eigenvalue weighted by atomic mass is 9.95. The third-order valence-corrected chi connectivity index (χ3v) is 3.20. The minimum atomic E-state index is -0.854. The van der Waals surface area contributed by atoms with Crippen molar-refractivity contribution in [1.29, 1.82) is 0 Å². The normalized spacial score (nSPS) is 15.2. The van der Waals surface area contributed by atoms with E-state index in [9.17, 15) is 4.79 Å². The van der Waals surface area contributed by atoms with Crippen molar-refractivity contribution in [1.82, 2.24) is 4.90 Å². The van der Waals surface area contributed by atoms with E-state index in [1.54, 1.807) is 6.92 Å². The summed E-state index contributed by atoms with van der Waals surface area (Å²) in [4.78, 5) is 13.5. The van der Waals surface area contributed by atoms with Crippen molar-refractivity contribution in [2.24, 2.45) is 11.5 Å². The molecule has 4 heteroatoms. The third-order valence-electron chi connectivity index (χ3n) is 3.20. The van der Waals surface area contributed by atoms with Crippen LogP contribution in [0, 0.1) is 0 Å². The minimum absolute atomic E-state index is 0.410. The first-order valence-electron chi connectivity index (χ1n) is 6.64. The first-order valence-corrected chi connectivity index (χ1v) is 6.64. The molecule has 4 N–H and O–H groups in total. The molecule has 0 radical (unpaired) electrons. The summed E-state index contributed by atoms with van der Waals surface area (Å²) >= 11 is 0. The summed E-state index contributed by atoms with van der Waals surface area (Å²) in [6, 6.07) is 0.579. The lowest BCUT2D eigenvalue weighted by molar-refractivity contribution is -0.122. The van der Waals surface area contributed by atoms with Gasteiger partial charge in [-0.1, -0.05) is 6.92 Å². The van der Waals surface area contributed by atoms with Gasteiger partial charge < -0.3 is 16.4 Å². The average molecular weight is 243 g/mol. The third kappa shape index (κ3) is 6.64. The zero-order chi connectivity index (χ0) is 13.5. The van der Waals surface area contributed by atoms with E-state index in [1.165, 1.54) is 6.42 Å². The number of nitrogens with two attached hydrogens (primary N) is 2. The smallest absolute Gasteiger partial charge is 0.237 e. The van der Waals surface area contributed by atoms with Gasteiger partial charge in [0.25, 0.3) is 0 Å². The Bertz CT molecular complexity index is 227. The Morgan fingerprint density at radius 3 is 2.29 bits per heavy atom. The van der Waals surface area contributed by atoms with E-state index in [4.69, 9.17) is 11.5 Å². The molecule has 1 unspecified atom stereocenters. The first-order chi connectivity index (χ1) is 7.81. The molecule has 0 aliphatic rings. The molecule has 0 bridgehead atoms. The fourth-order valence-electron chi connectivity index (χ4n) is 1.85. The van der Waals surface area contributed by atoms with Crippen LogP contribution in [0.4, 0.5) is 0 Å². The van der Waals surface area contributed by atoms with Gasteiger partial charge in [0.1, 0.15) is 0 Å². The van der Waals surface area contributed by atoms with E-state index in [0.717, 1.165) is 25.9 Å². The number of amides is 1. The summed E-state index contributed by atoms with van der Waals surface area (Å²) < 4.78 is 0. The second-order valence-corrected chi connectivity index (χ2v) is 5.37. The largest absolute Gasteiger partial charge is 0.368 e. The first kappa shape index (κ1) is 16.4.